The van der Waals surface area contributed by atoms with Gasteiger partial charge < -0.3 is 5.32 Å². The fourth-order valence-electron chi connectivity index (χ4n) is 5.06. The first kappa shape index (κ1) is 18.2. The van der Waals surface area contributed by atoms with Crippen LogP contribution >= 0.6 is 0 Å². The number of nitrogens with zero attached hydrogens (tertiary/aromatic N) is 1. The van der Waals surface area contributed by atoms with E-state index in [0.717, 1.165) is 16.8 Å². The number of hydrogen-bond donors (Lipinski definition) is 2. The topological polar surface area (TPSA) is 78.5 Å². The van der Waals surface area contributed by atoms with Crippen LogP contribution in [0.3, 0.4) is 0 Å². The molecule has 0 aliphatic carbocycles. The molecule has 27 heavy (non-hydrogen) atoms. The molecule has 3 unspecified atom stereocenters. The molecule has 2 fully saturated rings. The maximum atomic E-state index is 13.5. The normalized spacial score (nSPS) is 33.0. The summed E-state index contributed by atoms with van der Waals surface area (Å²) in [5, 5.41) is 6.40. The van der Waals surface area contributed by atoms with Gasteiger partial charge in [0.05, 0.1) is 11.8 Å². The third-order valence-corrected chi connectivity index (χ3v) is 6.59. The SMILES string of the molecule is CCC(C)N1C(=O)[C@@H]2C(C(C)C)NC3(C(=O)Nc4ccc(C)cc43)[C@@H]2C1=O. The molecule has 5 atom stereocenters. The van der Waals surface area contributed by atoms with Crippen LogP contribution in [0.2, 0.25) is 0 Å². The Bertz CT molecular complexity index is 849. The number of likely N-dealkylation sites (tertiary alicyclic amines) is 1. The van der Waals surface area contributed by atoms with Crippen LogP contribution in [-0.4, -0.2) is 34.7 Å². The van der Waals surface area contributed by atoms with Crippen LogP contribution in [-0.2, 0) is 19.9 Å². The second kappa shape index (κ2) is 5.89. The standard InChI is InChI=1S/C21H27N3O3/c1-6-12(5)24-18(25)15-16(19(24)26)21(23-17(15)10(2)3)13-9-11(4)7-8-14(13)22-20(21)27/h7-10,12,15-17,23H,6H2,1-5H3,(H,22,27)/t12?,15-,16-,17?,21?/m0/s1. The molecule has 0 radical (unpaired) electrons. The smallest absolute Gasteiger partial charge is 0.250 e. The Kier molecular flexibility index (Phi) is 3.97. The Balaban J connectivity index is 1.92. The molecule has 144 valence electrons. The van der Waals surface area contributed by atoms with Crippen LogP contribution in [0.15, 0.2) is 18.2 Å². The maximum absolute atomic E-state index is 13.5. The zero-order chi connectivity index (χ0) is 19.7. The minimum absolute atomic E-state index is 0.118. The second-order valence-electron chi connectivity index (χ2n) is 8.53. The summed E-state index contributed by atoms with van der Waals surface area (Å²) in [6.07, 6.45) is 0.700. The molecule has 1 aromatic carbocycles. The zero-order valence-electron chi connectivity index (χ0n) is 16.5. The quantitative estimate of drug-likeness (QED) is 0.801. The Labute approximate surface area is 159 Å². The van der Waals surface area contributed by atoms with Crippen molar-refractivity contribution in [3.8, 4) is 0 Å². The number of carbonyl (C=O) groups excluding carboxylic acids is 3. The van der Waals surface area contributed by atoms with Gasteiger partial charge in [0.1, 0.15) is 5.54 Å². The lowest BCUT2D eigenvalue weighted by atomic mass is 9.75. The highest BCUT2D eigenvalue weighted by Crippen LogP contribution is 2.54. The number of anilines is 1. The van der Waals surface area contributed by atoms with E-state index in [1.54, 1.807) is 0 Å². The lowest BCUT2D eigenvalue weighted by Crippen LogP contribution is -2.54. The highest BCUT2D eigenvalue weighted by Gasteiger charge is 2.71. The van der Waals surface area contributed by atoms with Crippen molar-refractivity contribution in [3.05, 3.63) is 29.3 Å². The maximum Gasteiger partial charge on any atom is 0.250 e. The van der Waals surface area contributed by atoms with Crippen LogP contribution < -0.4 is 10.6 Å². The molecule has 2 N–H and O–H groups in total. The van der Waals surface area contributed by atoms with Crippen molar-refractivity contribution in [3.63, 3.8) is 0 Å². The second-order valence-corrected chi connectivity index (χ2v) is 8.53. The third-order valence-electron chi connectivity index (χ3n) is 6.59. The molecule has 1 spiro atoms. The minimum atomic E-state index is -1.17. The average Bonchev–Trinajstić information content (AvgIpc) is 3.20. The summed E-state index contributed by atoms with van der Waals surface area (Å²) in [7, 11) is 0. The molecule has 6 nitrogen and oxygen atoms in total. The molecule has 0 saturated carbocycles. The summed E-state index contributed by atoms with van der Waals surface area (Å²) in [6, 6.07) is 5.39. The summed E-state index contributed by atoms with van der Waals surface area (Å²) < 4.78 is 0. The molecule has 0 aromatic heterocycles. The molecular weight excluding hydrogens is 342 g/mol. The highest BCUT2D eigenvalue weighted by molar-refractivity contribution is 6.15. The van der Waals surface area contributed by atoms with Crippen molar-refractivity contribution in [2.75, 3.05) is 5.32 Å². The first-order valence-electron chi connectivity index (χ1n) is 9.81. The van der Waals surface area contributed by atoms with Crippen molar-refractivity contribution in [1.29, 1.82) is 0 Å². The van der Waals surface area contributed by atoms with Gasteiger partial charge in [-0.2, -0.15) is 0 Å². The molecular formula is C21H27N3O3. The van der Waals surface area contributed by atoms with E-state index in [9.17, 15) is 14.4 Å². The third kappa shape index (κ3) is 2.19. The Morgan fingerprint density at radius 1 is 1.15 bits per heavy atom. The van der Waals surface area contributed by atoms with Crippen molar-refractivity contribution >= 4 is 23.4 Å². The van der Waals surface area contributed by atoms with Crippen LogP contribution in [0.4, 0.5) is 5.69 Å². The Morgan fingerprint density at radius 3 is 2.48 bits per heavy atom. The van der Waals surface area contributed by atoms with Gasteiger partial charge in [-0.3, -0.25) is 24.6 Å². The monoisotopic (exact) mass is 369 g/mol. The number of aryl methyl sites for hydroxylation is 1. The van der Waals surface area contributed by atoms with Crippen LogP contribution in [0.5, 0.6) is 0 Å². The van der Waals surface area contributed by atoms with Gasteiger partial charge >= 0.3 is 0 Å². The summed E-state index contributed by atoms with van der Waals surface area (Å²) in [4.78, 5) is 41.4. The van der Waals surface area contributed by atoms with E-state index in [1.807, 2.05) is 52.8 Å². The largest absolute Gasteiger partial charge is 0.324 e. The molecule has 4 rings (SSSR count). The number of hydrogen-bond acceptors (Lipinski definition) is 4. The molecule has 3 aliphatic rings. The minimum Gasteiger partial charge on any atom is -0.324 e. The van der Waals surface area contributed by atoms with Crippen molar-refractivity contribution in [1.82, 2.24) is 10.2 Å². The van der Waals surface area contributed by atoms with E-state index in [-0.39, 0.29) is 35.7 Å². The number of benzene rings is 1. The van der Waals surface area contributed by atoms with Crippen LogP contribution in [0.1, 0.15) is 45.2 Å². The molecule has 0 bridgehead atoms. The number of fused-ring (bicyclic) bond motifs is 4. The van der Waals surface area contributed by atoms with Gasteiger partial charge in [-0.25, -0.2) is 0 Å². The molecule has 6 heteroatoms. The fourth-order valence-corrected chi connectivity index (χ4v) is 5.06. The van der Waals surface area contributed by atoms with Crippen LogP contribution in [0.25, 0.3) is 0 Å². The van der Waals surface area contributed by atoms with Gasteiger partial charge in [0.15, 0.2) is 0 Å². The van der Waals surface area contributed by atoms with Gasteiger partial charge in [0.2, 0.25) is 17.7 Å². The Hall–Kier alpha value is -2.21. The molecule has 3 heterocycles. The summed E-state index contributed by atoms with van der Waals surface area (Å²) >= 11 is 0. The number of amides is 3. The zero-order valence-corrected chi connectivity index (χ0v) is 16.5. The first-order chi connectivity index (χ1) is 12.7. The fraction of sp³-hybridized carbons (Fsp3) is 0.571. The predicted molar refractivity (Wildman–Crippen MR) is 102 cm³/mol. The molecule has 2 saturated heterocycles. The van der Waals surface area contributed by atoms with E-state index in [2.05, 4.69) is 10.6 Å². The summed E-state index contributed by atoms with van der Waals surface area (Å²) in [5.74, 6) is -1.69. The lowest BCUT2D eigenvalue weighted by molar-refractivity contribution is -0.145. The van der Waals surface area contributed by atoms with Gasteiger partial charge in [-0.05, 0) is 32.3 Å². The van der Waals surface area contributed by atoms with Crippen molar-refractivity contribution in [2.45, 2.75) is 58.7 Å². The van der Waals surface area contributed by atoms with E-state index < -0.39 is 17.4 Å². The number of nitrogens with one attached hydrogen (secondary N) is 2. The van der Waals surface area contributed by atoms with E-state index in [1.165, 1.54) is 4.90 Å². The van der Waals surface area contributed by atoms with Crippen molar-refractivity contribution < 1.29 is 14.4 Å². The lowest BCUT2D eigenvalue weighted by Gasteiger charge is -2.32. The van der Waals surface area contributed by atoms with E-state index in [0.29, 0.717) is 6.42 Å². The summed E-state index contributed by atoms with van der Waals surface area (Å²) in [6.45, 7) is 9.89. The number of carbonyl (C=O) groups is 3. The van der Waals surface area contributed by atoms with Crippen molar-refractivity contribution in [2.24, 2.45) is 17.8 Å². The van der Waals surface area contributed by atoms with E-state index >= 15 is 0 Å². The number of imide groups is 1. The average molecular weight is 369 g/mol. The van der Waals surface area contributed by atoms with Gasteiger partial charge in [0, 0.05) is 23.3 Å². The molecule has 1 aromatic rings. The van der Waals surface area contributed by atoms with E-state index in [4.69, 9.17) is 0 Å². The Morgan fingerprint density at radius 2 is 1.85 bits per heavy atom. The van der Waals surface area contributed by atoms with Gasteiger partial charge in [0.25, 0.3) is 0 Å². The van der Waals surface area contributed by atoms with Crippen LogP contribution in [0, 0.1) is 24.7 Å². The first-order valence-corrected chi connectivity index (χ1v) is 9.81. The summed E-state index contributed by atoms with van der Waals surface area (Å²) in [5.41, 5.74) is 1.36. The highest BCUT2D eigenvalue weighted by atomic mass is 16.2. The molecule has 3 aliphatic heterocycles. The van der Waals surface area contributed by atoms with Gasteiger partial charge in [-0.15, -0.1) is 0 Å². The predicted octanol–water partition coefficient (Wildman–Crippen LogP) is 2.17. The number of rotatable bonds is 3. The van der Waals surface area contributed by atoms with Gasteiger partial charge in [-0.1, -0.05) is 38.5 Å². The molecule has 3 amide bonds.